The van der Waals surface area contributed by atoms with Gasteiger partial charge in [-0.05, 0) is 43.7 Å². The Morgan fingerprint density at radius 1 is 1.11 bits per heavy atom. The lowest BCUT2D eigenvalue weighted by molar-refractivity contribution is -0.0208. The van der Waals surface area contributed by atoms with Gasteiger partial charge < -0.3 is 19.7 Å². The third kappa shape index (κ3) is 6.66. The van der Waals surface area contributed by atoms with Crippen molar-refractivity contribution in [1.82, 2.24) is 34.4 Å². The van der Waals surface area contributed by atoms with Gasteiger partial charge in [-0.1, -0.05) is 18.1 Å². The number of hydrogen-bond acceptors (Lipinski definition) is 11. The molecule has 5 aromatic rings. The lowest BCUT2D eigenvalue weighted by atomic mass is 10.1. The fourth-order valence-electron chi connectivity index (χ4n) is 4.98. The van der Waals surface area contributed by atoms with Gasteiger partial charge in [0.25, 0.3) is 5.56 Å². The first-order valence-electron chi connectivity index (χ1n) is 14.3. The summed E-state index contributed by atoms with van der Waals surface area (Å²) in [7, 11) is 3.74. The molecular weight excluding hydrogens is 576 g/mol. The minimum absolute atomic E-state index is 0.0424. The summed E-state index contributed by atoms with van der Waals surface area (Å²) in [6.07, 6.45) is 5.56. The Morgan fingerprint density at radius 3 is 2.68 bits per heavy atom. The molecule has 0 saturated carbocycles. The molecule has 4 aromatic heterocycles. The number of fused-ring (bicyclic) bond motifs is 1. The Hall–Kier alpha value is -4.54. The first-order chi connectivity index (χ1) is 21.5. The largest absolute Gasteiger partial charge is 0.384 e. The molecule has 11 nitrogen and oxygen atoms in total. The number of aromatic nitrogens is 6. The molecule has 0 amide bonds. The van der Waals surface area contributed by atoms with Crippen LogP contribution in [-0.4, -0.2) is 74.8 Å². The summed E-state index contributed by atoms with van der Waals surface area (Å²) < 4.78 is 12.8. The van der Waals surface area contributed by atoms with Crippen molar-refractivity contribution in [3.05, 3.63) is 97.9 Å². The molecule has 1 fully saturated rings. The first-order valence-corrected chi connectivity index (χ1v) is 15.1. The summed E-state index contributed by atoms with van der Waals surface area (Å²) in [4.78, 5) is 39.9. The number of benzene rings is 1. The SMILES string of the molecule is COCCc1nccnc1Cn1c(=O)c(C#Cc2ncsc2C)cc2cnc(Nc3ccc(C4CN(C)CCO4)cc3)nc21. The second kappa shape index (κ2) is 13.4. The summed E-state index contributed by atoms with van der Waals surface area (Å²) in [6.45, 7) is 5.10. The summed E-state index contributed by atoms with van der Waals surface area (Å²) in [6, 6.07) is 9.79. The van der Waals surface area contributed by atoms with Crippen LogP contribution in [0.4, 0.5) is 11.6 Å². The molecule has 224 valence electrons. The smallest absolute Gasteiger partial charge is 0.268 e. The zero-order valence-corrected chi connectivity index (χ0v) is 25.6. The number of ether oxygens (including phenoxy) is 2. The number of pyridine rings is 1. The maximum Gasteiger partial charge on any atom is 0.268 e. The highest BCUT2D eigenvalue weighted by Crippen LogP contribution is 2.24. The number of hydrogen-bond donors (Lipinski definition) is 1. The number of nitrogens with one attached hydrogen (secondary N) is 1. The van der Waals surface area contributed by atoms with Gasteiger partial charge in [0, 0.05) is 61.2 Å². The van der Waals surface area contributed by atoms with E-state index in [1.165, 1.54) is 11.3 Å². The third-order valence-electron chi connectivity index (χ3n) is 7.41. The number of anilines is 2. The Kier molecular flexibility index (Phi) is 8.99. The van der Waals surface area contributed by atoms with E-state index in [4.69, 9.17) is 14.5 Å². The number of rotatable bonds is 8. The van der Waals surface area contributed by atoms with Crippen molar-refractivity contribution in [2.24, 2.45) is 0 Å². The summed E-state index contributed by atoms with van der Waals surface area (Å²) in [5.41, 5.74) is 6.24. The fourth-order valence-corrected chi connectivity index (χ4v) is 5.51. The Labute approximate surface area is 259 Å². The van der Waals surface area contributed by atoms with E-state index in [-0.39, 0.29) is 18.2 Å². The molecule has 6 rings (SSSR count). The molecule has 1 aliphatic rings. The van der Waals surface area contributed by atoms with E-state index in [2.05, 4.69) is 49.0 Å². The molecule has 1 saturated heterocycles. The van der Waals surface area contributed by atoms with Gasteiger partial charge in [0.2, 0.25) is 5.95 Å². The van der Waals surface area contributed by atoms with E-state index >= 15 is 0 Å². The number of aryl methyl sites for hydroxylation is 1. The minimum Gasteiger partial charge on any atom is -0.384 e. The quantitative estimate of drug-likeness (QED) is 0.261. The summed E-state index contributed by atoms with van der Waals surface area (Å²) in [5.74, 6) is 6.44. The number of likely N-dealkylation sites (N-methyl/N-ethyl adjacent to an activating group) is 1. The average Bonchev–Trinajstić information content (AvgIpc) is 3.46. The third-order valence-corrected chi connectivity index (χ3v) is 8.16. The van der Waals surface area contributed by atoms with Crippen molar-refractivity contribution in [1.29, 1.82) is 0 Å². The molecule has 0 radical (unpaired) electrons. The standard InChI is InChI=1S/C32H32N8O3S/c1-21-26(36-20-44-21)9-6-23-16-24-17-35-32(37-25-7-4-22(5-8-25)29-19-39(2)13-15-43-29)38-30(24)40(31(23)41)18-28-27(10-14-42-3)33-11-12-34-28/h4-5,7-8,11-12,16-17,20,29H,10,13-15,18-19H2,1-3H3,(H,35,37,38). The van der Waals surface area contributed by atoms with E-state index in [0.717, 1.165) is 34.9 Å². The van der Waals surface area contributed by atoms with Gasteiger partial charge in [0.15, 0.2) is 0 Å². The van der Waals surface area contributed by atoms with Gasteiger partial charge >= 0.3 is 0 Å². The van der Waals surface area contributed by atoms with Gasteiger partial charge in [-0.3, -0.25) is 19.3 Å². The van der Waals surface area contributed by atoms with Crippen molar-refractivity contribution in [3.63, 3.8) is 0 Å². The van der Waals surface area contributed by atoms with Crippen LogP contribution >= 0.6 is 11.3 Å². The zero-order valence-electron chi connectivity index (χ0n) is 24.8. The molecule has 0 bridgehead atoms. The predicted molar refractivity (Wildman–Crippen MR) is 169 cm³/mol. The molecule has 1 N–H and O–H groups in total. The van der Waals surface area contributed by atoms with E-state index in [9.17, 15) is 4.79 Å². The number of morpholine rings is 1. The fraction of sp³-hybridized carbons (Fsp3) is 0.312. The van der Waals surface area contributed by atoms with E-state index in [1.54, 1.807) is 41.8 Å². The molecule has 12 heteroatoms. The normalized spacial score (nSPS) is 15.2. The molecule has 0 aliphatic carbocycles. The van der Waals surface area contributed by atoms with E-state index < -0.39 is 0 Å². The summed E-state index contributed by atoms with van der Waals surface area (Å²) in [5, 5.41) is 3.95. The molecule has 1 aromatic carbocycles. The Balaban J connectivity index is 1.36. The van der Waals surface area contributed by atoms with Crippen LogP contribution in [-0.2, 0) is 22.4 Å². The van der Waals surface area contributed by atoms with Crippen LogP contribution in [0.3, 0.4) is 0 Å². The Bertz CT molecular complexity index is 1890. The van der Waals surface area contributed by atoms with Crippen LogP contribution in [0.2, 0.25) is 0 Å². The van der Waals surface area contributed by atoms with E-state index in [0.29, 0.717) is 53.6 Å². The lowest BCUT2D eigenvalue weighted by Crippen LogP contribution is -2.35. The van der Waals surface area contributed by atoms with Crippen LogP contribution < -0.4 is 10.9 Å². The van der Waals surface area contributed by atoms with Crippen LogP contribution in [0.1, 0.15) is 39.2 Å². The first kappa shape index (κ1) is 29.5. The van der Waals surface area contributed by atoms with Crippen molar-refractivity contribution >= 4 is 34.0 Å². The van der Waals surface area contributed by atoms with Crippen molar-refractivity contribution in [2.75, 3.05) is 45.8 Å². The molecular formula is C32H32N8O3S. The van der Waals surface area contributed by atoms with Crippen LogP contribution in [0.15, 0.2) is 59.2 Å². The maximum atomic E-state index is 13.9. The molecule has 0 spiro atoms. The highest BCUT2D eigenvalue weighted by Gasteiger charge is 2.19. The predicted octanol–water partition coefficient (Wildman–Crippen LogP) is 3.73. The van der Waals surface area contributed by atoms with Crippen molar-refractivity contribution in [3.8, 4) is 11.8 Å². The highest BCUT2D eigenvalue weighted by atomic mass is 32.1. The van der Waals surface area contributed by atoms with Gasteiger partial charge in [0.1, 0.15) is 11.3 Å². The van der Waals surface area contributed by atoms with Crippen molar-refractivity contribution < 1.29 is 9.47 Å². The number of methoxy groups -OCH3 is 1. The van der Waals surface area contributed by atoms with E-state index in [1.807, 2.05) is 31.2 Å². The zero-order chi connectivity index (χ0) is 30.5. The van der Waals surface area contributed by atoms with Crippen LogP contribution in [0.5, 0.6) is 0 Å². The number of thiazole rings is 1. The second-order valence-corrected chi connectivity index (χ2v) is 11.5. The Morgan fingerprint density at radius 2 is 1.93 bits per heavy atom. The molecule has 1 unspecified atom stereocenters. The molecule has 1 aliphatic heterocycles. The maximum absolute atomic E-state index is 13.9. The molecule has 1 atom stereocenters. The van der Waals surface area contributed by atoms with Crippen LogP contribution in [0.25, 0.3) is 11.0 Å². The van der Waals surface area contributed by atoms with Crippen molar-refractivity contribution in [2.45, 2.75) is 26.0 Å². The molecule has 5 heterocycles. The number of nitrogens with zero attached hydrogens (tertiary/aromatic N) is 7. The van der Waals surface area contributed by atoms with Gasteiger partial charge in [-0.25, -0.2) is 9.97 Å². The second-order valence-electron chi connectivity index (χ2n) is 10.5. The lowest BCUT2D eigenvalue weighted by Gasteiger charge is -2.30. The monoisotopic (exact) mass is 608 g/mol. The topological polar surface area (TPSA) is 120 Å². The van der Waals surface area contributed by atoms with Gasteiger partial charge in [0.05, 0.1) is 48.3 Å². The van der Waals surface area contributed by atoms with Gasteiger partial charge in [-0.15, -0.1) is 11.3 Å². The molecule has 44 heavy (non-hydrogen) atoms. The average molecular weight is 609 g/mol. The highest BCUT2D eigenvalue weighted by molar-refractivity contribution is 7.09. The summed E-state index contributed by atoms with van der Waals surface area (Å²) >= 11 is 1.51. The van der Waals surface area contributed by atoms with Gasteiger partial charge in [-0.2, -0.15) is 4.98 Å². The minimum atomic E-state index is -0.285. The van der Waals surface area contributed by atoms with Crippen LogP contribution in [0, 0.1) is 18.8 Å².